The molecule has 2 aromatic carbocycles. The second kappa shape index (κ2) is 13.9. The summed E-state index contributed by atoms with van der Waals surface area (Å²) in [5.74, 6) is 0.203. The summed E-state index contributed by atoms with van der Waals surface area (Å²) in [6.07, 6.45) is 0.411. The van der Waals surface area contributed by atoms with Crippen LogP contribution in [0.5, 0.6) is 5.75 Å². The molecule has 0 aliphatic heterocycles. The van der Waals surface area contributed by atoms with E-state index in [-0.39, 0.29) is 30.7 Å². The number of benzene rings is 2. The number of esters is 1. The van der Waals surface area contributed by atoms with Gasteiger partial charge in [-0.1, -0.05) is 29.4 Å². The minimum atomic E-state index is -0.701. The second-order valence-corrected chi connectivity index (χ2v) is 7.64. The molecule has 0 aliphatic carbocycles. The standard InChI is InChI=1S/C26H30FN3O6/c1-4-14-35-29-22(25-28-24(30-36-25)19-10-12-20(27)13-11-19)17-34-21-9-7-8-18(15-21)16-23(32-5-2)26(31)33-6-3/h7-13,15,23H,4-6,14,16-17H2,1-3H3/b29-22-. The van der Waals surface area contributed by atoms with Gasteiger partial charge in [0.25, 0.3) is 5.89 Å². The number of rotatable bonds is 14. The molecule has 0 radical (unpaired) electrons. The highest BCUT2D eigenvalue weighted by Crippen LogP contribution is 2.19. The van der Waals surface area contributed by atoms with Crippen LogP contribution in [-0.4, -0.2) is 54.4 Å². The average molecular weight is 500 g/mol. The smallest absolute Gasteiger partial charge is 0.335 e. The molecule has 10 heteroatoms. The van der Waals surface area contributed by atoms with Crippen molar-refractivity contribution in [3.63, 3.8) is 0 Å². The van der Waals surface area contributed by atoms with Gasteiger partial charge in [-0.15, -0.1) is 0 Å². The number of aromatic nitrogens is 2. The van der Waals surface area contributed by atoms with E-state index < -0.39 is 12.1 Å². The molecule has 0 fully saturated rings. The van der Waals surface area contributed by atoms with Crippen molar-refractivity contribution in [1.29, 1.82) is 0 Å². The lowest BCUT2D eigenvalue weighted by molar-refractivity contribution is -0.156. The van der Waals surface area contributed by atoms with Crippen LogP contribution in [0.15, 0.2) is 58.2 Å². The van der Waals surface area contributed by atoms with Crippen molar-refractivity contribution < 1.29 is 32.8 Å². The molecule has 1 aromatic heterocycles. The van der Waals surface area contributed by atoms with E-state index >= 15 is 0 Å². The normalized spacial score (nSPS) is 12.3. The predicted octanol–water partition coefficient (Wildman–Crippen LogP) is 4.60. The summed E-state index contributed by atoms with van der Waals surface area (Å²) in [5.41, 5.74) is 1.74. The summed E-state index contributed by atoms with van der Waals surface area (Å²) in [4.78, 5) is 21.9. The Kier molecular flexibility index (Phi) is 10.4. The Hall–Kier alpha value is -3.79. The zero-order chi connectivity index (χ0) is 25.8. The van der Waals surface area contributed by atoms with Crippen LogP contribution in [0, 0.1) is 5.82 Å². The van der Waals surface area contributed by atoms with Crippen LogP contribution in [0.4, 0.5) is 4.39 Å². The zero-order valence-corrected chi connectivity index (χ0v) is 20.6. The Morgan fingerprint density at radius 2 is 1.92 bits per heavy atom. The van der Waals surface area contributed by atoms with Gasteiger partial charge in [-0.05, 0) is 62.2 Å². The molecule has 3 rings (SSSR count). The van der Waals surface area contributed by atoms with Gasteiger partial charge in [0.15, 0.2) is 11.8 Å². The Labute approximate surface area is 209 Å². The highest BCUT2D eigenvalue weighted by atomic mass is 19.1. The lowest BCUT2D eigenvalue weighted by Crippen LogP contribution is -2.29. The van der Waals surface area contributed by atoms with E-state index in [0.29, 0.717) is 36.7 Å². The first-order valence-corrected chi connectivity index (χ1v) is 11.8. The fourth-order valence-corrected chi connectivity index (χ4v) is 3.17. The topological polar surface area (TPSA) is 105 Å². The summed E-state index contributed by atoms with van der Waals surface area (Å²) in [7, 11) is 0. The van der Waals surface area contributed by atoms with Crippen LogP contribution < -0.4 is 4.74 Å². The maximum absolute atomic E-state index is 13.2. The predicted molar refractivity (Wildman–Crippen MR) is 130 cm³/mol. The average Bonchev–Trinajstić information content (AvgIpc) is 3.37. The highest BCUT2D eigenvalue weighted by Gasteiger charge is 2.21. The molecular weight excluding hydrogens is 469 g/mol. The molecule has 0 bridgehead atoms. The maximum Gasteiger partial charge on any atom is 0.335 e. The highest BCUT2D eigenvalue weighted by molar-refractivity contribution is 5.97. The molecule has 3 aromatic rings. The van der Waals surface area contributed by atoms with Crippen molar-refractivity contribution >= 4 is 11.7 Å². The van der Waals surface area contributed by atoms with Crippen molar-refractivity contribution in [3.8, 4) is 17.1 Å². The molecular formula is C26H30FN3O6. The van der Waals surface area contributed by atoms with Crippen LogP contribution in [0.1, 0.15) is 38.6 Å². The molecule has 0 saturated heterocycles. The van der Waals surface area contributed by atoms with Gasteiger partial charge in [0.2, 0.25) is 5.82 Å². The van der Waals surface area contributed by atoms with Gasteiger partial charge in [0.1, 0.15) is 24.8 Å². The number of halogens is 1. The lowest BCUT2D eigenvalue weighted by Gasteiger charge is -2.16. The number of hydrogen-bond donors (Lipinski definition) is 0. The lowest BCUT2D eigenvalue weighted by atomic mass is 10.1. The Morgan fingerprint density at radius 3 is 2.64 bits per heavy atom. The van der Waals surface area contributed by atoms with Gasteiger partial charge in [-0.3, -0.25) is 0 Å². The number of carbonyl (C=O) groups is 1. The Bertz CT molecular complexity index is 1130. The van der Waals surface area contributed by atoms with Crippen LogP contribution in [0.3, 0.4) is 0 Å². The third-order valence-electron chi connectivity index (χ3n) is 4.86. The molecule has 0 saturated carbocycles. The Balaban J connectivity index is 1.72. The number of carbonyl (C=O) groups excluding carboxylic acids is 1. The molecule has 0 N–H and O–H groups in total. The quantitative estimate of drug-likeness (QED) is 0.137. The fourth-order valence-electron chi connectivity index (χ4n) is 3.17. The maximum atomic E-state index is 13.2. The third kappa shape index (κ3) is 7.88. The van der Waals surface area contributed by atoms with Crippen molar-refractivity contribution in [2.45, 2.75) is 39.7 Å². The monoisotopic (exact) mass is 499 g/mol. The SMILES string of the molecule is CCCO/N=C(/COc1cccc(CC(OCC)C(=O)OCC)c1)c1nc(-c2ccc(F)cc2)no1. The zero-order valence-electron chi connectivity index (χ0n) is 20.6. The fraction of sp³-hybridized carbons (Fsp3) is 0.385. The van der Waals surface area contributed by atoms with Gasteiger partial charge in [0, 0.05) is 18.6 Å². The van der Waals surface area contributed by atoms with E-state index in [1.807, 2.05) is 32.0 Å². The van der Waals surface area contributed by atoms with Crippen LogP contribution in [-0.2, 0) is 25.5 Å². The van der Waals surface area contributed by atoms with E-state index in [9.17, 15) is 9.18 Å². The van der Waals surface area contributed by atoms with Crippen LogP contribution in [0.25, 0.3) is 11.4 Å². The molecule has 36 heavy (non-hydrogen) atoms. The molecule has 0 amide bonds. The van der Waals surface area contributed by atoms with Crippen molar-refractivity contribution in [3.05, 3.63) is 65.8 Å². The summed E-state index contributed by atoms with van der Waals surface area (Å²) in [6.45, 7) is 6.61. The molecule has 0 aliphatic rings. The summed E-state index contributed by atoms with van der Waals surface area (Å²) < 4.78 is 35.2. The summed E-state index contributed by atoms with van der Waals surface area (Å²) >= 11 is 0. The van der Waals surface area contributed by atoms with Crippen LogP contribution in [0.2, 0.25) is 0 Å². The van der Waals surface area contributed by atoms with E-state index in [1.165, 1.54) is 12.1 Å². The summed E-state index contributed by atoms with van der Waals surface area (Å²) in [6, 6.07) is 13.1. The molecule has 0 spiro atoms. The van der Waals surface area contributed by atoms with Gasteiger partial charge in [0.05, 0.1) is 6.61 Å². The molecule has 1 unspecified atom stereocenters. The molecule has 9 nitrogen and oxygen atoms in total. The van der Waals surface area contributed by atoms with E-state index in [0.717, 1.165) is 12.0 Å². The van der Waals surface area contributed by atoms with Crippen molar-refractivity contribution in [2.24, 2.45) is 5.16 Å². The third-order valence-corrected chi connectivity index (χ3v) is 4.86. The van der Waals surface area contributed by atoms with E-state index in [1.54, 1.807) is 25.1 Å². The molecule has 1 heterocycles. The first-order valence-electron chi connectivity index (χ1n) is 11.8. The first-order chi connectivity index (χ1) is 17.5. The van der Waals surface area contributed by atoms with Gasteiger partial charge in [-0.25, -0.2) is 9.18 Å². The first kappa shape index (κ1) is 26.8. The number of ether oxygens (including phenoxy) is 3. The van der Waals surface area contributed by atoms with Gasteiger partial charge >= 0.3 is 5.97 Å². The Morgan fingerprint density at radius 1 is 1.11 bits per heavy atom. The van der Waals surface area contributed by atoms with Crippen molar-refractivity contribution in [2.75, 3.05) is 26.4 Å². The minimum Gasteiger partial charge on any atom is -0.487 e. The van der Waals surface area contributed by atoms with Crippen LogP contribution >= 0.6 is 0 Å². The number of oxime groups is 1. The molecule has 192 valence electrons. The van der Waals surface area contributed by atoms with E-state index in [2.05, 4.69) is 15.3 Å². The summed E-state index contributed by atoms with van der Waals surface area (Å²) in [5, 5.41) is 8.07. The largest absolute Gasteiger partial charge is 0.487 e. The van der Waals surface area contributed by atoms with Gasteiger partial charge in [-0.2, -0.15) is 4.98 Å². The van der Waals surface area contributed by atoms with E-state index in [4.69, 9.17) is 23.6 Å². The minimum absolute atomic E-state index is 0.00894. The number of hydrogen-bond acceptors (Lipinski definition) is 9. The number of nitrogens with zero attached hydrogens (tertiary/aromatic N) is 3. The molecule has 1 atom stereocenters. The van der Waals surface area contributed by atoms with Crippen molar-refractivity contribution in [1.82, 2.24) is 10.1 Å². The van der Waals surface area contributed by atoms with Gasteiger partial charge < -0.3 is 23.6 Å². The second-order valence-electron chi connectivity index (χ2n) is 7.64.